The molecule has 0 radical (unpaired) electrons. The van der Waals surface area contributed by atoms with Crippen molar-refractivity contribution in [1.82, 2.24) is 30.4 Å². The molecule has 0 aliphatic carbocycles. The third kappa shape index (κ3) is 6.83. The Morgan fingerprint density at radius 3 is 2.53 bits per heavy atom. The van der Waals surface area contributed by atoms with Crippen molar-refractivity contribution in [1.29, 1.82) is 0 Å². The van der Waals surface area contributed by atoms with Crippen LogP contribution in [-0.2, 0) is 22.7 Å². The number of tetrazole rings is 1. The summed E-state index contributed by atoms with van der Waals surface area (Å²) in [4.78, 5) is 29.4. The van der Waals surface area contributed by atoms with E-state index in [4.69, 9.17) is 13.9 Å². The van der Waals surface area contributed by atoms with E-state index in [2.05, 4.69) is 20.7 Å². The average Bonchev–Trinajstić information content (AvgIpc) is 3.52. The van der Waals surface area contributed by atoms with Crippen LogP contribution in [0.2, 0.25) is 0 Å². The van der Waals surface area contributed by atoms with Crippen molar-refractivity contribution in [3.05, 3.63) is 42.4 Å². The number of nitrogens with zero attached hydrogens (tertiary/aromatic N) is 5. The van der Waals surface area contributed by atoms with Crippen molar-refractivity contribution >= 4 is 11.8 Å². The molecule has 0 saturated carbocycles. The van der Waals surface area contributed by atoms with Gasteiger partial charge in [-0.05, 0) is 62.7 Å². The molecule has 0 fully saturated rings. The number of hydrogen-bond donors (Lipinski definition) is 1. The summed E-state index contributed by atoms with van der Waals surface area (Å²) in [6.45, 7) is 7.64. The van der Waals surface area contributed by atoms with Crippen molar-refractivity contribution < 1.29 is 23.5 Å². The second-order valence-electron chi connectivity index (χ2n) is 9.36. The molecular formula is C25H34N6O5. The van der Waals surface area contributed by atoms with Crippen molar-refractivity contribution in [2.75, 3.05) is 14.2 Å². The van der Waals surface area contributed by atoms with Gasteiger partial charge in [0.25, 0.3) is 0 Å². The Hall–Kier alpha value is -3.89. The van der Waals surface area contributed by atoms with Gasteiger partial charge in [-0.15, -0.1) is 10.2 Å². The minimum Gasteiger partial charge on any atom is -0.493 e. The van der Waals surface area contributed by atoms with Crippen LogP contribution in [0, 0.1) is 0 Å². The fourth-order valence-electron chi connectivity index (χ4n) is 3.71. The molecule has 3 rings (SSSR count). The Morgan fingerprint density at radius 1 is 1.17 bits per heavy atom. The molecule has 11 heteroatoms. The van der Waals surface area contributed by atoms with Crippen LogP contribution < -0.4 is 14.8 Å². The minimum absolute atomic E-state index is 0.144. The van der Waals surface area contributed by atoms with Crippen molar-refractivity contribution in [2.24, 2.45) is 0 Å². The molecule has 0 spiro atoms. The standard InChI is InChI=1S/C25H34N6O5/c1-7-9-19(24(33)26-25(2,3)4)30(15-18-10-8-13-36-18)22(32)16-31-28-23(27-29-31)17-11-12-20(34-5)21(14-17)35-6/h8,10-14,19H,7,9,15-16H2,1-6H3,(H,26,33). The maximum Gasteiger partial charge on any atom is 0.247 e. The highest BCUT2D eigenvalue weighted by Gasteiger charge is 2.32. The third-order valence-electron chi connectivity index (χ3n) is 5.34. The largest absolute Gasteiger partial charge is 0.493 e. The number of aromatic nitrogens is 4. The minimum atomic E-state index is -0.680. The lowest BCUT2D eigenvalue weighted by Crippen LogP contribution is -2.54. The van der Waals surface area contributed by atoms with Gasteiger partial charge in [-0.1, -0.05) is 13.3 Å². The monoisotopic (exact) mass is 498 g/mol. The fourth-order valence-corrected chi connectivity index (χ4v) is 3.71. The summed E-state index contributed by atoms with van der Waals surface area (Å²) >= 11 is 0. The molecule has 11 nitrogen and oxygen atoms in total. The number of furan rings is 1. The Balaban J connectivity index is 1.84. The maximum absolute atomic E-state index is 13.5. The summed E-state index contributed by atoms with van der Waals surface area (Å²) in [5.74, 6) is 1.46. The molecule has 0 aliphatic rings. The molecule has 194 valence electrons. The number of methoxy groups -OCH3 is 2. The normalized spacial score (nSPS) is 12.2. The summed E-state index contributed by atoms with van der Waals surface area (Å²) in [5.41, 5.74) is 0.219. The van der Waals surface area contributed by atoms with Gasteiger partial charge in [0.2, 0.25) is 17.6 Å². The molecule has 2 aromatic heterocycles. The zero-order chi connectivity index (χ0) is 26.3. The van der Waals surface area contributed by atoms with E-state index in [1.54, 1.807) is 44.6 Å². The number of carbonyl (C=O) groups is 2. The SMILES string of the molecule is CCCC(C(=O)NC(C)(C)C)N(Cc1ccco1)C(=O)Cn1nnc(-c2ccc(OC)c(OC)c2)n1. The lowest BCUT2D eigenvalue weighted by Gasteiger charge is -2.32. The third-order valence-corrected chi connectivity index (χ3v) is 5.34. The number of rotatable bonds is 11. The molecule has 1 aromatic carbocycles. The molecule has 0 aliphatic heterocycles. The zero-order valence-electron chi connectivity index (χ0n) is 21.6. The predicted molar refractivity (Wildman–Crippen MR) is 132 cm³/mol. The van der Waals surface area contributed by atoms with E-state index < -0.39 is 11.6 Å². The second kappa shape index (κ2) is 11.7. The first-order valence-corrected chi connectivity index (χ1v) is 11.8. The molecule has 2 heterocycles. The van der Waals surface area contributed by atoms with E-state index in [0.29, 0.717) is 35.1 Å². The predicted octanol–water partition coefficient (Wildman–Crippen LogP) is 3.06. The first-order valence-electron chi connectivity index (χ1n) is 11.8. The maximum atomic E-state index is 13.5. The van der Waals surface area contributed by atoms with Gasteiger partial charge in [-0.2, -0.15) is 4.80 Å². The summed E-state index contributed by atoms with van der Waals surface area (Å²) in [6.07, 6.45) is 2.75. The molecule has 36 heavy (non-hydrogen) atoms. The fraction of sp³-hybridized carbons (Fsp3) is 0.480. The smallest absolute Gasteiger partial charge is 0.247 e. The van der Waals surface area contributed by atoms with Crippen molar-refractivity contribution in [3.63, 3.8) is 0 Å². The van der Waals surface area contributed by atoms with Gasteiger partial charge in [0.15, 0.2) is 11.5 Å². The highest BCUT2D eigenvalue weighted by molar-refractivity contribution is 5.88. The molecule has 1 atom stereocenters. The Kier molecular flexibility index (Phi) is 8.68. The van der Waals surface area contributed by atoms with E-state index in [9.17, 15) is 9.59 Å². The number of carbonyl (C=O) groups excluding carboxylic acids is 2. The molecule has 3 aromatic rings. The number of nitrogens with one attached hydrogen (secondary N) is 1. The summed E-state index contributed by atoms with van der Waals surface area (Å²) in [7, 11) is 3.10. The number of ether oxygens (including phenoxy) is 2. The van der Waals surface area contributed by atoms with Crippen LogP contribution in [0.25, 0.3) is 11.4 Å². The van der Waals surface area contributed by atoms with Crippen LogP contribution >= 0.6 is 0 Å². The zero-order valence-corrected chi connectivity index (χ0v) is 21.6. The highest BCUT2D eigenvalue weighted by atomic mass is 16.5. The molecular weight excluding hydrogens is 464 g/mol. The van der Waals surface area contributed by atoms with Crippen LogP contribution in [-0.4, -0.2) is 62.7 Å². The highest BCUT2D eigenvalue weighted by Crippen LogP contribution is 2.30. The second-order valence-corrected chi connectivity index (χ2v) is 9.36. The first-order chi connectivity index (χ1) is 17.1. The quantitative estimate of drug-likeness (QED) is 0.428. The van der Waals surface area contributed by atoms with Crippen molar-refractivity contribution in [2.45, 2.75) is 65.2 Å². The van der Waals surface area contributed by atoms with E-state index in [-0.39, 0.29) is 24.9 Å². The van der Waals surface area contributed by atoms with Gasteiger partial charge in [-0.25, -0.2) is 0 Å². The van der Waals surface area contributed by atoms with Gasteiger partial charge in [0, 0.05) is 11.1 Å². The average molecular weight is 499 g/mol. The van der Waals surface area contributed by atoms with Crippen LogP contribution in [0.5, 0.6) is 11.5 Å². The van der Waals surface area contributed by atoms with Crippen LogP contribution in [0.3, 0.4) is 0 Å². The van der Waals surface area contributed by atoms with Gasteiger partial charge >= 0.3 is 0 Å². The van der Waals surface area contributed by atoms with E-state index in [1.807, 2.05) is 27.7 Å². The number of benzene rings is 1. The Bertz CT molecular complexity index is 1150. The van der Waals surface area contributed by atoms with E-state index >= 15 is 0 Å². The van der Waals surface area contributed by atoms with E-state index in [0.717, 1.165) is 6.42 Å². The Morgan fingerprint density at radius 2 is 1.92 bits per heavy atom. The van der Waals surface area contributed by atoms with Crippen molar-refractivity contribution in [3.8, 4) is 22.9 Å². The van der Waals surface area contributed by atoms with E-state index in [1.165, 1.54) is 16.0 Å². The van der Waals surface area contributed by atoms with Gasteiger partial charge in [-0.3, -0.25) is 9.59 Å². The van der Waals surface area contributed by atoms with Gasteiger partial charge in [0.05, 0.1) is 27.0 Å². The van der Waals surface area contributed by atoms with Crippen LogP contribution in [0.1, 0.15) is 46.3 Å². The Labute approximate surface area is 210 Å². The topological polar surface area (TPSA) is 125 Å². The summed E-state index contributed by atoms with van der Waals surface area (Å²) in [6, 6.07) is 8.10. The molecule has 0 saturated heterocycles. The summed E-state index contributed by atoms with van der Waals surface area (Å²) in [5, 5.41) is 15.5. The lowest BCUT2D eigenvalue weighted by molar-refractivity contribution is -0.143. The molecule has 1 unspecified atom stereocenters. The van der Waals surface area contributed by atoms with Crippen LogP contribution in [0.4, 0.5) is 0 Å². The first kappa shape index (κ1) is 26.7. The molecule has 1 N–H and O–H groups in total. The van der Waals surface area contributed by atoms with Gasteiger partial charge < -0.3 is 24.1 Å². The molecule has 0 bridgehead atoms. The number of amides is 2. The molecule has 2 amide bonds. The van der Waals surface area contributed by atoms with Crippen LogP contribution in [0.15, 0.2) is 41.0 Å². The number of hydrogen-bond acceptors (Lipinski definition) is 8. The summed E-state index contributed by atoms with van der Waals surface area (Å²) < 4.78 is 16.1. The lowest BCUT2D eigenvalue weighted by atomic mass is 10.0. The van der Waals surface area contributed by atoms with Gasteiger partial charge in [0.1, 0.15) is 18.3 Å².